The van der Waals surface area contributed by atoms with Gasteiger partial charge >= 0.3 is 0 Å². The Bertz CT molecular complexity index is 456. The Hall–Kier alpha value is -1.61. The molecule has 0 fully saturated rings. The van der Waals surface area contributed by atoms with E-state index in [0.29, 0.717) is 6.07 Å². The average molecular weight is 235 g/mol. The number of carbonyl (C=O) groups is 1. The summed E-state index contributed by atoms with van der Waals surface area (Å²) in [5, 5.41) is 7.19. The highest BCUT2D eigenvalue weighted by molar-refractivity contribution is 6.67. The number of hydrogen-bond donors (Lipinski definition) is 0. The number of carbonyl (C=O) groups excluding carboxylic acids is 1. The van der Waals surface area contributed by atoms with E-state index in [1.807, 2.05) is 0 Å². The second-order valence-electron chi connectivity index (χ2n) is 2.44. The molecule has 0 N–H and O–H groups in total. The van der Waals surface area contributed by atoms with Gasteiger partial charge in [-0.05, 0) is 11.6 Å². The van der Waals surface area contributed by atoms with Gasteiger partial charge in [-0.1, -0.05) is 0 Å². The lowest BCUT2D eigenvalue weighted by atomic mass is 10.2. The van der Waals surface area contributed by atoms with E-state index in [2.05, 4.69) is 4.98 Å². The van der Waals surface area contributed by atoms with Crippen LogP contribution < -0.4 is 0 Å². The summed E-state index contributed by atoms with van der Waals surface area (Å²) >= 11 is 4.97. The summed E-state index contributed by atoms with van der Waals surface area (Å²) in [5.41, 5.74) is -2.47. The molecule has 0 bridgehead atoms. The van der Waals surface area contributed by atoms with Crippen molar-refractivity contribution in [1.82, 2.24) is 4.98 Å². The van der Waals surface area contributed by atoms with Crippen LogP contribution in [0.15, 0.2) is 6.07 Å². The molecular formula is C8H2ClF3N2O. The largest absolute Gasteiger partial charge is 0.280 e. The van der Waals surface area contributed by atoms with Crippen molar-refractivity contribution >= 4 is 16.8 Å². The van der Waals surface area contributed by atoms with Crippen LogP contribution in [0, 0.1) is 17.1 Å². The third-order valence-electron chi connectivity index (χ3n) is 1.51. The fourth-order valence-electron chi connectivity index (χ4n) is 0.893. The van der Waals surface area contributed by atoms with Crippen LogP contribution in [0.4, 0.5) is 13.2 Å². The third-order valence-corrected chi connectivity index (χ3v) is 1.69. The molecule has 1 rings (SSSR count). The highest BCUT2D eigenvalue weighted by Crippen LogP contribution is 2.21. The summed E-state index contributed by atoms with van der Waals surface area (Å²) in [7, 11) is 0. The normalized spacial score (nSPS) is 10.1. The van der Waals surface area contributed by atoms with Crippen molar-refractivity contribution in [3.05, 3.63) is 28.8 Å². The van der Waals surface area contributed by atoms with Gasteiger partial charge in [0.2, 0.25) is 0 Å². The standard InChI is InChI=1S/C8H2ClF3N2O/c9-7(15)6-3(2-13)4(10)1-5(14-6)8(11)12/h1,8H. The summed E-state index contributed by atoms with van der Waals surface area (Å²) in [4.78, 5) is 13.8. The lowest BCUT2D eigenvalue weighted by Gasteiger charge is -2.03. The number of hydrogen-bond acceptors (Lipinski definition) is 3. The van der Waals surface area contributed by atoms with Crippen molar-refractivity contribution in [1.29, 1.82) is 5.26 Å². The molecule has 0 saturated heterocycles. The second-order valence-corrected chi connectivity index (χ2v) is 2.78. The van der Waals surface area contributed by atoms with Gasteiger partial charge in [0.1, 0.15) is 28.8 Å². The van der Waals surface area contributed by atoms with Gasteiger partial charge < -0.3 is 0 Å². The van der Waals surface area contributed by atoms with Gasteiger partial charge in [-0.2, -0.15) is 5.26 Å². The Morgan fingerprint density at radius 3 is 2.60 bits per heavy atom. The van der Waals surface area contributed by atoms with Crippen LogP contribution in [-0.2, 0) is 0 Å². The number of nitriles is 1. The molecule has 15 heavy (non-hydrogen) atoms. The molecule has 0 aliphatic carbocycles. The number of rotatable bonds is 2. The van der Waals surface area contributed by atoms with E-state index in [9.17, 15) is 18.0 Å². The number of alkyl halides is 2. The van der Waals surface area contributed by atoms with Crippen LogP contribution >= 0.6 is 11.6 Å². The van der Waals surface area contributed by atoms with Crippen molar-refractivity contribution in [2.75, 3.05) is 0 Å². The third kappa shape index (κ3) is 2.25. The first-order valence-corrected chi connectivity index (χ1v) is 3.93. The number of aromatic nitrogens is 1. The zero-order valence-electron chi connectivity index (χ0n) is 6.97. The van der Waals surface area contributed by atoms with E-state index in [4.69, 9.17) is 16.9 Å². The Kier molecular flexibility index (Phi) is 3.27. The van der Waals surface area contributed by atoms with Gasteiger partial charge in [-0.25, -0.2) is 18.2 Å². The SMILES string of the molecule is N#Cc1c(F)cc(C(F)F)nc1C(=O)Cl. The van der Waals surface area contributed by atoms with Crippen molar-refractivity contribution < 1.29 is 18.0 Å². The molecule has 1 aromatic heterocycles. The molecule has 0 atom stereocenters. The molecule has 0 aromatic carbocycles. The molecule has 0 aliphatic heterocycles. The quantitative estimate of drug-likeness (QED) is 0.739. The molecule has 1 aromatic rings. The minimum atomic E-state index is -3.04. The van der Waals surface area contributed by atoms with E-state index in [0.717, 1.165) is 0 Å². The Morgan fingerprint density at radius 1 is 1.60 bits per heavy atom. The van der Waals surface area contributed by atoms with E-state index in [1.54, 1.807) is 0 Å². The monoisotopic (exact) mass is 234 g/mol. The minimum absolute atomic E-state index is 0.395. The molecular weight excluding hydrogens is 233 g/mol. The highest BCUT2D eigenvalue weighted by Gasteiger charge is 2.20. The van der Waals surface area contributed by atoms with Gasteiger partial charge in [-0.15, -0.1) is 0 Å². The van der Waals surface area contributed by atoms with Crippen LogP contribution in [0.2, 0.25) is 0 Å². The molecule has 0 radical (unpaired) electrons. The molecule has 0 spiro atoms. The summed E-state index contributed by atoms with van der Waals surface area (Å²) < 4.78 is 37.3. The molecule has 7 heteroatoms. The Labute approximate surface area is 87.1 Å². The second kappa shape index (κ2) is 4.28. The van der Waals surface area contributed by atoms with E-state index in [-0.39, 0.29) is 0 Å². The van der Waals surface area contributed by atoms with Gasteiger partial charge in [-0.3, -0.25) is 4.79 Å². The van der Waals surface area contributed by atoms with Gasteiger partial charge in [0, 0.05) is 6.07 Å². The number of nitrogens with zero attached hydrogens (tertiary/aromatic N) is 2. The molecule has 78 valence electrons. The van der Waals surface area contributed by atoms with Crippen LogP contribution in [0.5, 0.6) is 0 Å². The van der Waals surface area contributed by atoms with Gasteiger partial charge in [0.05, 0.1) is 0 Å². The zero-order valence-corrected chi connectivity index (χ0v) is 7.73. The van der Waals surface area contributed by atoms with Crippen LogP contribution in [0.1, 0.15) is 28.2 Å². The summed E-state index contributed by atoms with van der Waals surface area (Å²) in [6, 6.07) is 1.72. The number of pyridine rings is 1. The fourth-order valence-corrected chi connectivity index (χ4v) is 1.03. The smallest absolute Gasteiger partial charge is 0.274 e. The predicted octanol–water partition coefficient (Wildman–Crippen LogP) is 2.41. The van der Waals surface area contributed by atoms with Gasteiger partial charge in [0.25, 0.3) is 11.7 Å². The molecule has 0 unspecified atom stereocenters. The Morgan fingerprint density at radius 2 is 2.20 bits per heavy atom. The molecule has 0 aliphatic rings. The Balaban J connectivity index is 3.47. The summed E-state index contributed by atoms with van der Waals surface area (Å²) in [6.07, 6.45) is -3.04. The maximum atomic E-state index is 13.0. The van der Waals surface area contributed by atoms with Crippen molar-refractivity contribution in [2.45, 2.75) is 6.43 Å². The topological polar surface area (TPSA) is 53.8 Å². The molecule has 3 nitrogen and oxygen atoms in total. The first-order valence-electron chi connectivity index (χ1n) is 3.56. The van der Waals surface area contributed by atoms with E-state index < -0.39 is 34.4 Å². The maximum Gasteiger partial charge on any atom is 0.280 e. The predicted molar refractivity (Wildman–Crippen MR) is 44.1 cm³/mol. The maximum absolute atomic E-state index is 13.0. The van der Waals surface area contributed by atoms with Crippen LogP contribution in [0.3, 0.4) is 0 Å². The van der Waals surface area contributed by atoms with Crippen molar-refractivity contribution in [2.24, 2.45) is 0 Å². The van der Waals surface area contributed by atoms with Crippen LogP contribution in [0.25, 0.3) is 0 Å². The minimum Gasteiger partial charge on any atom is -0.274 e. The summed E-state index contributed by atoms with van der Waals surface area (Å²) in [5.74, 6) is -1.24. The van der Waals surface area contributed by atoms with Gasteiger partial charge in [0.15, 0.2) is 0 Å². The fraction of sp³-hybridized carbons (Fsp3) is 0.125. The number of halogens is 4. The average Bonchev–Trinajstić information content (AvgIpc) is 2.16. The zero-order chi connectivity index (χ0) is 11.6. The lowest BCUT2D eigenvalue weighted by molar-refractivity contribution is 0.107. The van der Waals surface area contributed by atoms with E-state index >= 15 is 0 Å². The highest BCUT2D eigenvalue weighted by atomic mass is 35.5. The molecule has 0 amide bonds. The van der Waals surface area contributed by atoms with Crippen molar-refractivity contribution in [3.8, 4) is 6.07 Å². The summed E-state index contributed by atoms with van der Waals surface area (Å²) in [6.45, 7) is 0. The first kappa shape index (κ1) is 11.5. The first-order chi connectivity index (χ1) is 6.97. The van der Waals surface area contributed by atoms with Crippen LogP contribution in [-0.4, -0.2) is 10.2 Å². The van der Waals surface area contributed by atoms with E-state index in [1.165, 1.54) is 6.07 Å². The molecule has 0 saturated carbocycles. The molecule has 1 heterocycles. The lowest BCUT2D eigenvalue weighted by Crippen LogP contribution is -2.05. The van der Waals surface area contributed by atoms with Crippen molar-refractivity contribution in [3.63, 3.8) is 0 Å².